The van der Waals surface area contributed by atoms with Gasteiger partial charge in [0.05, 0.1) is 5.56 Å². The van der Waals surface area contributed by atoms with Gasteiger partial charge in [-0.2, -0.15) is 0 Å². The van der Waals surface area contributed by atoms with Crippen LogP contribution >= 0.6 is 21.6 Å². The quantitative estimate of drug-likeness (QED) is 0.148. The summed E-state index contributed by atoms with van der Waals surface area (Å²) in [5, 5.41) is 9.07. The van der Waals surface area contributed by atoms with E-state index in [-0.39, 0.29) is 13.2 Å². The van der Waals surface area contributed by atoms with Gasteiger partial charge < -0.3 is 14.3 Å². The number of esters is 2. The highest BCUT2D eigenvalue weighted by atomic mass is 33.1. The van der Waals surface area contributed by atoms with Crippen molar-refractivity contribution in [3.05, 3.63) is 39.9 Å². The minimum absolute atomic E-state index is 0.0269. The standard InChI is InChI=1S/C13H15NO7S2.C2H6/c1-10(15)21-12-4-2-11(3-5-12)13(16)19-6-8-22-23-9-7-20-14(17)18;1-2/h2-5H,6-9H2,1H3;1-2H3. The van der Waals surface area contributed by atoms with Crippen LogP contribution in [0.3, 0.4) is 0 Å². The molecule has 140 valence electrons. The third-order valence-corrected chi connectivity index (χ3v) is 4.53. The maximum absolute atomic E-state index is 11.7. The van der Waals surface area contributed by atoms with Crippen LogP contribution in [0.25, 0.3) is 0 Å². The first-order valence-corrected chi connectivity index (χ1v) is 9.95. The average molecular weight is 391 g/mol. The van der Waals surface area contributed by atoms with Crippen molar-refractivity contribution >= 4 is 33.5 Å². The molecule has 0 saturated carbocycles. The number of benzene rings is 1. The fourth-order valence-electron chi connectivity index (χ4n) is 1.34. The van der Waals surface area contributed by atoms with E-state index in [9.17, 15) is 19.7 Å². The topological polar surface area (TPSA) is 105 Å². The zero-order chi connectivity index (χ0) is 19.1. The van der Waals surface area contributed by atoms with Crippen LogP contribution in [0.2, 0.25) is 0 Å². The van der Waals surface area contributed by atoms with Crippen LogP contribution in [-0.2, 0) is 14.4 Å². The van der Waals surface area contributed by atoms with Crippen LogP contribution in [0.1, 0.15) is 31.1 Å². The molecule has 0 N–H and O–H groups in total. The van der Waals surface area contributed by atoms with Gasteiger partial charge in [0.25, 0.3) is 5.09 Å². The molecule has 25 heavy (non-hydrogen) atoms. The van der Waals surface area contributed by atoms with Crippen molar-refractivity contribution in [1.29, 1.82) is 0 Å². The molecule has 0 aliphatic carbocycles. The Kier molecular flexibility index (Phi) is 13.3. The molecule has 0 unspecified atom stereocenters. The maximum Gasteiger partial charge on any atom is 0.338 e. The van der Waals surface area contributed by atoms with Gasteiger partial charge in [-0.25, -0.2) is 4.79 Å². The van der Waals surface area contributed by atoms with Crippen molar-refractivity contribution in [2.75, 3.05) is 24.7 Å². The van der Waals surface area contributed by atoms with Crippen LogP contribution in [-0.4, -0.2) is 41.7 Å². The summed E-state index contributed by atoms with van der Waals surface area (Å²) < 4.78 is 9.93. The summed E-state index contributed by atoms with van der Waals surface area (Å²) in [4.78, 5) is 36.6. The van der Waals surface area contributed by atoms with E-state index in [0.29, 0.717) is 22.8 Å². The van der Waals surface area contributed by atoms with E-state index in [0.717, 1.165) is 0 Å². The molecule has 1 aromatic rings. The van der Waals surface area contributed by atoms with Crippen molar-refractivity contribution in [3.8, 4) is 5.75 Å². The first kappa shape index (κ1) is 23.1. The maximum atomic E-state index is 11.7. The molecular weight excluding hydrogens is 370 g/mol. The molecule has 0 spiro atoms. The van der Waals surface area contributed by atoms with Crippen LogP contribution < -0.4 is 4.74 Å². The normalized spacial score (nSPS) is 9.40. The Labute approximate surface area is 154 Å². The molecule has 0 bridgehead atoms. The lowest BCUT2D eigenvalue weighted by atomic mass is 10.2. The van der Waals surface area contributed by atoms with E-state index in [1.807, 2.05) is 13.8 Å². The number of nitrogens with zero attached hydrogens (tertiary/aromatic N) is 1. The lowest BCUT2D eigenvalue weighted by Gasteiger charge is -2.05. The molecule has 8 nitrogen and oxygen atoms in total. The van der Waals surface area contributed by atoms with Gasteiger partial charge in [0, 0.05) is 18.4 Å². The van der Waals surface area contributed by atoms with Crippen molar-refractivity contribution in [2.24, 2.45) is 0 Å². The van der Waals surface area contributed by atoms with Gasteiger partial charge >= 0.3 is 11.9 Å². The molecule has 1 aromatic carbocycles. The molecule has 0 fully saturated rings. The number of hydrogen-bond donors (Lipinski definition) is 0. The summed E-state index contributed by atoms with van der Waals surface area (Å²) in [6.45, 7) is 5.54. The number of ether oxygens (including phenoxy) is 2. The molecule has 0 aliphatic rings. The van der Waals surface area contributed by atoms with Gasteiger partial charge in [-0.1, -0.05) is 35.4 Å². The number of rotatable bonds is 10. The van der Waals surface area contributed by atoms with Crippen LogP contribution in [0, 0.1) is 10.1 Å². The van der Waals surface area contributed by atoms with Gasteiger partial charge in [0.2, 0.25) is 0 Å². The largest absolute Gasteiger partial charge is 0.461 e. The smallest absolute Gasteiger partial charge is 0.338 e. The fourth-order valence-corrected chi connectivity index (χ4v) is 2.99. The van der Waals surface area contributed by atoms with Crippen molar-refractivity contribution in [1.82, 2.24) is 0 Å². The molecular formula is C15H21NO7S2. The molecule has 0 amide bonds. The monoisotopic (exact) mass is 391 g/mol. The zero-order valence-corrected chi connectivity index (χ0v) is 15.9. The Hall–Kier alpha value is -1.94. The average Bonchev–Trinajstić information content (AvgIpc) is 2.58. The summed E-state index contributed by atoms with van der Waals surface area (Å²) >= 11 is 0. The van der Waals surface area contributed by atoms with Crippen LogP contribution in [0.15, 0.2) is 24.3 Å². The second kappa shape index (κ2) is 14.4. The fraction of sp³-hybridized carbons (Fsp3) is 0.467. The molecule has 0 saturated heterocycles. The van der Waals surface area contributed by atoms with E-state index < -0.39 is 17.0 Å². The Bertz CT molecular complexity index is 537. The Morgan fingerprint density at radius 2 is 1.64 bits per heavy atom. The highest BCUT2D eigenvalue weighted by Gasteiger charge is 2.07. The minimum atomic E-state index is -0.834. The predicted octanol–water partition coefficient (Wildman–Crippen LogP) is 3.38. The van der Waals surface area contributed by atoms with Crippen molar-refractivity contribution in [3.63, 3.8) is 0 Å². The van der Waals surface area contributed by atoms with E-state index in [1.165, 1.54) is 52.8 Å². The van der Waals surface area contributed by atoms with Gasteiger partial charge in [-0.05, 0) is 24.3 Å². The predicted molar refractivity (Wildman–Crippen MR) is 97.2 cm³/mol. The molecule has 0 radical (unpaired) electrons. The molecule has 10 heteroatoms. The molecule has 0 heterocycles. The van der Waals surface area contributed by atoms with Gasteiger partial charge in [-0.3, -0.25) is 4.79 Å². The summed E-state index contributed by atoms with van der Waals surface area (Å²) in [7, 11) is 2.83. The van der Waals surface area contributed by atoms with Crippen LogP contribution in [0.4, 0.5) is 0 Å². The van der Waals surface area contributed by atoms with E-state index >= 15 is 0 Å². The van der Waals surface area contributed by atoms with E-state index in [4.69, 9.17) is 9.47 Å². The van der Waals surface area contributed by atoms with Gasteiger partial charge in [-0.15, -0.1) is 10.1 Å². The number of carbonyl (C=O) groups excluding carboxylic acids is 2. The summed E-state index contributed by atoms with van der Waals surface area (Å²) in [6.07, 6.45) is 0. The minimum Gasteiger partial charge on any atom is -0.461 e. The van der Waals surface area contributed by atoms with E-state index in [1.54, 1.807) is 0 Å². The zero-order valence-electron chi connectivity index (χ0n) is 14.3. The summed E-state index contributed by atoms with van der Waals surface area (Å²) in [6, 6.07) is 6.05. The highest BCUT2D eigenvalue weighted by molar-refractivity contribution is 8.76. The highest BCUT2D eigenvalue weighted by Crippen LogP contribution is 2.20. The SMILES string of the molecule is CC.CC(=O)Oc1ccc(C(=O)OCCSSCCO[N+](=O)[O-])cc1. The molecule has 1 rings (SSSR count). The van der Waals surface area contributed by atoms with Crippen molar-refractivity contribution < 1.29 is 29.0 Å². The van der Waals surface area contributed by atoms with Gasteiger partial charge in [0.15, 0.2) is 0 Å². The molecule has 0 aliphatic heterocycles. The third-order valence-electron chi connectivity index (χ3n) is 2.20. The third kappa shape index (κ3) is 12.1. The van der Waals surface area contributed by atoms with E-state index in [2.05, 4.69) is 4.84 Å². The Morgan fingerprint density at radius 3 is 2.16 bits per heavy atom. The Morgan fingerprint density at radius 1 is 1.08 bits per heavy atom. The van der Waals surface area contributed by atoms with Gasteiger partial charge in [0.1, 0.15) is 19.0 Å². The van der Waals surface area contributed by atoms with Crippen molar-refractivity contribution in [2.45, 2.75) is 20.8 Å². The molecule has 0 aromatic heterocycles. The first-order chi connectivity index (χ1) is 12.0. The second-order valence-electron chi connectivity index (χ2n) is 3.95. The molecule has 0 atom stereocenters. The number of carbonyl (C=O) groups is 2. The lowest BCUT2D eigenvalue weighted by Crippen LogP contribution is -2.08. The number of hydrogen-bond acceptors (Lipinski definition) is 9. The summed E-state index contributed by atoms with van der Waals surface area (Å²) in [5.74, 6) is 0.482. The van der Waals surface area contributed by atoms with Crippen LogP contribution in [0.5, 0.6) is 5.75 Å². The Balaban J connectivity index is 0.00000277. The lowest BCUT2D eigenvalue weighted by molar-refractivity contribution is -0.756. The first-order valence-electron chi connectivity index (χ1n) is 7.46. The summed E-state index contributed by atoms with van der Waals surface area (Å²) in [5.41, 5.74) is 0.359. The second-order valence-corrected chi connectivity index (χ2v) is 6.66.